The minimum Gasteiger partial charge on any atom is -0.467 e. The zero-order valence-corrected chi connectivity index (χ0v) is 10.9. The molecule has 0 aliphatic heterocycles. The number of hydrogen-bond acceptors (Lipinski definition) is 5. The summed E-state index contributed by atoms with van der Waals surface area (Å²) in [6, 6.07) is 3.66. The highest BCUT2D eigenvalue weighted by Gasteiger charge is 2.04. The first-order valence-electron chi connectivity index (χ1n) is 6.30. The highest BCUT2D eigenvalue weighted by Crippen LogP contribution is 2.01. The predicted molar refractivity (Wildman–Crippen MR) is 68.4 cm³/mol. The molecule has 0 saturated heterocycles. The van der Waals surface area contributed by atoms with Crippen LogP contribution >= 0.6 is 0 Å². The molecule has 104 valence electrons. The maximum atomic E-state index is 9.64. The van der Waals surface area contributed by atoms with Crippen LogP contribution in [-0.2, 0) is 16.1 Å². The number of aliphatic hydroxyl groups is 1. The van der Waals surface area contributed by atoms with Crippen molar-refractivity contribution in [3.05, 3.63) is 24.2 Å². The average molecular weight is 257 g/mol. The van der Waals surface area contributed by atoms with E-state index in [9.17, 15) is 5.11 Å². The van der Waals surface area contributed by atoms with E-state index in [-0.39, 0.29) is 0 Å². The van der Waals surface area contributed by atoms with Gasteiger partial charge in [-0.2, -0.15) is 0 Å². The van der Waals surface area contributed by atoms with Gasteiger partial charge in [0.1, 0.15) is 12.4 Å². The van der Waals surface area contributed by atoms with E-state index >= 15 is 0 Å². The highest BCUT2D eigenvalue weighted by atomic mass is 16.5. The zero-order chi connectivity index (χ0) is 13.1. The van der Waals surface area contributed by atoms with E-state index in [0.717, 1.165) is 31.8 Å². The second kappa shape index (κ2) is 10.1. The van der Waals surface area contributed by atoms with Crippen molar-refractivity contribution in [2.24, 2.45) is 0 Å². The zero-order valence-electron chi connectivity index (χ0n) is 10.9. The van der Waals surface area contributed by atoms with Gasteiger partial charge in [-0.3, -0.25) is 0 Å². The van der Waals surface area contributed by atoms with Crippen LogP contribution in [0.25, 0.3) is 0 Å². The van der Waals surface area contributed by atoms with Gasteiger partial charge in [0, 0.05) is 20.3 Å². The molecule has 1 atom stereocenters. The Balaban J connectivity index is 1.89. The molecule has 1 unspecified atom stereocenters. The van der Waals surface area contributed by atoms with E-state index in [4.69, 9.17) is 13.9 Å². The summed E-state index contributed by atoms with van der Waals surface area (Å²) in [6.45, 7) is 2.93. The van der Waals surface area contributed by atoms with Crippen LogP contribution in [0.5, 0.6) is 0 Å². The molecule has 1 aromatic rings. The molecule has 0 aliphatic rings. The first-order chi connectivity index (χ1) is 8.83. The quantitative estimate of drug-likeness (QED) is 0.583. The Labute approximate surface area is 108 Å². The van der Waals surface area contributed by atoms with Crippen molar-refractivity contribution in [3.8, 4) is 0 Å². The molecule has 0 aromatic carbocycles. The molecule has 0 fully saturated rings. The maximum Gasteiger partial charge on any atom is 0.129 e. The summed E-state index contributed by atoms with van der Waals surface area (Å²) >= 11 is 0. The second-order valence-corrected chi connectivity index (χ2v) is 4.15. The summed E-state index contributed by atoms with van der Waals surface area (Å²) in [4.78, 5) is 0. The Hall–Kier alpha value is -0.880. The summed E-state index contributed by atoms with van der Waals surface area (Å²) in [5, 5.41) is 12.8. The Morgan fingerprint density at radius 2 is 2.33 bits per heavy atom. The summed E-state index contributed by atoms with van der Waals surface area (Å²) in [5.41, 5.74) is 0. The van der Waals surface area contributed by atoms with Crippen molar-refractivity contribution in [1.29, 1.82) is 0 Å². The molecule has 18 heavy (non-hydrogen) atoms. The van der Waals surface area contributed by atoms with E-state index in [1.54, 1.807) is 13.4 Å². The number of methoxy groups -OCH3 is 1. The maximum absolute atomic E-state index is 9.64. The number of rotatable bonds is 11. The molecule has 0 radical (unpaired) electrons. The number of aliphatic hydroxyl groups excluding tert-OH is 1. The standard InChI is InChI=1S/C13H23NO4/c1-16-7-3-2-6-14-9-12(15)10-17-11-13-5-4-8-18-13/h4-5,8,12,14-15H,2-3,6-7,9-11H2,1H3. The Morgan fingerprint density at radius 3 is 3.06 bits per heavy atom. The molecule has 0 bridgehead atoms. The number of furan rings is 1. The van der Waals surface area contributed by atoms with E-state index in [1.807, 2.05) is 12.1 Å². The SMILES string of the molecule is COCCCCNCC(O)COCc1ccco1. The van der Waals surface area contributed by atoms with Crippen molar-refractivity contribution in [2.45, 2.75) is 25.6 Å². The topological polar surface area (TPSA) is 63.9 Å². The van der Waals surface area contributed by atoms with Crippen LogP contribution < -0.4 is 5.32 Å². The molecule has 0 spiro atoms. The molecule has 5 nitrogen and oxygen atoms in total. The predicted octanol–water partition coefficient (Wildman–Crippen LogP) is 1.17. The van der Waals surface area contributed by atoms with Gasteiger partial charge in [-0.15, -0.1) is 0 Å². The third-order valence-electron chi connectivity index (χ3n) is 2.47. The van der Waals surface area contributed by atoms with Crippen LogP contribution in [0, 0.1) is 0 Å². The molecule has 0 aliphatic carbocycles. The van der Waals surface area contributed by atoms with Crippen LogP contribution in [0.4, 0.5) is 0 Å². The van der Waals surface area contributed by atoms with E-state index in [2.05, 4.69) is 5.32 Å². The van der Waals surface area contributed by atoms with E-state index in [0.29, 0.717) is 19.8 Å². The smallest absolute Gasteiger partial charge is 0.129 e. The van der Waals surface area contributed by atoms with Crippen molar-refractivity contribution in [2.75, 3.05) is 33.4 Å². The number of hydrogen-bond donors (Lipinski definition) is 2. The third kappa shape index (κ3) is 7.45. The van der Waals surface area contributed by atoms with Gasteiger partial charge >= 0.3 is 0 Å². The molecule has 0 amide bonds. The molecule has 1 heterocycles. The molecule has 0 saturated carbocycles. The minimum absolute atomic E-state index is 0.311. The lowest BCUT2D eigenvalue weighted by Gasteiger charge is -2.11. The van der Waals surface area contributed by atoms with Gasteiger partial charge in [-0.25, -0.2) is 0 Å². The molecule has 1 aromatic heterocycles. The van der Waals surface area contributed by atoms with Gasteiger partial charge < -0.3 is 24.3 Å². The molecule has 5 heteroatoms. The summed E-state index contributed by atoms with van der Waals surface area (Å²) in [7, 11) is 1.70. The Morgan fingerprint density at radius 1 is 1.44 bits per heavy atom. The fraction of sp³-hybridized carbons (Fsp3) is 0.692. The molecule has 2 N–H and O–H groups in total. The van der Waals surface area contributed by atoms with E-state index in [1.165, 1.54) is 0 Å². The van der Waals surface area contributed by atoms with Crippen molar-refractivity contribution >= 4 is 0 Å². The van der Waals surface area contributed by atoms with E-state index < -0.39 is 6.10 Å². The van der Waals surface area contributed by atoms with Gasteiger partial charge in [0.2, 0.25) is 0 Å². The first-order valence-corrected chi connectivity index (χ1v) is 6.30. The minimum atomic E-state index is -0.484. The lowest BCUT2D eigenvalue weighted by molar-refractivity contribution is 0.0227. The van der Waals surface area contributed by atoms with Crippen molar-refractivity contribution in [3.63, 3.8) is 0 Å². The second-order valence-electron chi connectivity index (χ2n) is 4.15. The van der Waals surface area contributed by atoms with Crippen LogP contribution in [0.1, 0.15) is 18.6 Å². The van der Waals surface area contributed by atoms with Crippen LogP contribution in [0.15, 0.2) is 22.8 Å². The highest BCUT2D eigenvalue weighted by molar-refractivity contribution is 4.96. The van der Waals surface area contributed by atoms with Gasteiger partial charge in [-0.1, -0.05) is 0 Å². The molecular formula is C13H23NO4. The summed E-state index contributed by atoms with van der Waals surface area (Å²) in [5.74, 6) is 0.773. The van der Waals surface area contributed by atoms with Crippen LogP contribution in [-0.4, -0.2) is 44.6 Å². The van der Waals surface area contributed by atoms with Gasteiger partial charge in [0.25, 0.3) is 0 Å². The van der Waals surface area contributed by atoms with Crippen molar-refractivity contribution in [1.82, 2.24) is 5.32 Å². The fourth-order valence-corrected chi connectivity index (χ4v) is 1.51. The lowest BCUT2D eigenvalue weighted by Crippen LogP contribution is -2.31. The van der Waals surface area contributed by atoms with Crippen LogP contribution in [0.3, 0.4) is 0 Å². The number of nitrogens with one attached hydrogen (secondary N) is 1. The molecular weight excluding hydrogens is 234 g/mol. The summed E-state index contributed by atoms with van der Waals surface area (Å²) in [6.07, 6.45) is 3.21. The largest absolute Gasteiger partial charge is 0.467 e. The van der Waals surface area contributed by atoms with Gasteiger partial charge in [0.15, 0.2) is 0 Å². The molecule has 1 rings (SSSR count). The third-order valence-corrected chi connectivity index (χ3v) is 2.47. The Kier molecular flexibility index (Phi) is 8.50. The number of unbranched alkanes of at least 4 members (excludes halogenated alkanes) is 1. The average Bonchev–Trinajstić information content (AvgIpc) is 2.87. The fourth-order valence-electron chi connectivity index (χ4n) is 1.51. The lowest BCUT2D eigenvalue weighted by atomic mass is 10.3. The van der Waals surface area contributed by atoms with Gasteiger partial charge in [-0.05, 0) is 31.5 Å². The normalized spacial score (nSPS) is 12.8. The number of ether oxygens (including phenoxy) is 2. The monoisotopic (exact) mass is 257 g/mol. The first kappa shape index (κ1) is 15.2. The summed E-state index contributed by atoms with van der Waals surface area (Å²) < 4.78 is 15.4. The Bertz CT molecular complexity index is 277. The van der Waals surface area contributed by atoms with Crippen LogP contribution in [0.2, 0.25) is 0 Å². The van der Waals surface area contributed by atoms with Gasteiger partial charge in [0.05, 0.1) is 19.0 Å². The van der Waals surface area contributed by atoms with Crippen molar-refractivity contribution < 1.29 is 19.0 Å².